The third-order valence-corrected chi connectivity index (χ3v) is 5.16. The van der Waals surface area contributed by atoms with E-state index >= 15 is 0 Å². The minimum Gasteiger partial charge on any atom is -0.384 e. The van der Waals surface area contributed by atoms with Gasteiger partial charge in [-0.1, -0.05) is 13.8 Å². The number of nitrogens with two attached hydrogens (primary N) is 1. The SMILES string of the molecule is CCCN(CCC)c1nc(-c2cnc(N)cc2C(F)(F)F)cc(N2CCCCC2)n1. The van der Waals surface area contributed by atoms with Gasteiger partial charge in [-0.3, -0.25) is 0 Å². The van der Waals surface area contributed by atoms with Gasteiger partial charge in [0.1, 0.15) is 11.6 Å². The molecule has 6 nitrogen and oxygen atoms in total. The Morgan fingerprint density at radius 1 is 1.03 bits per heavy atom. The number of pyridine rings is 1. The Morgan fingerprint density at radius 3 is 2.30 bits per heavy atom. The first-order chi connectivity index (χ1) is 14.3. The summed E-state index contributed by atoms with van der Waals surface area (Å²) in [5, 5.41) is 0. The molecule has 0 radical (unpaired) electrons. The fourth-order valence-electron chi connectivity index (χ4n) is 3.75. The van der Waals surface area contributed by atoms with E-state index in [2.05, 4.69) is 28.7 Å². The van der Waals surface area contributed by atoms with E-state index in [4.69, 9.17) is 10.7 Å². The quantitative estimate of drug-likeness (QED) is 0.694. The number of nitrogen functional groups attached to an aromatic ring is 1. The van der Waals surface area contributed by atoms with E-state index < -0.39 is 11.7 Å². The van der Waals surface area contributed by atoms with E-state index in [0.29, 0.717) is 11.8 Å². The molecule has 9 heteroatoms. The number of rotatable bonds is 7. The summed E-state index contributed by atoms with van der Waals surface area (Å²) >= 11 is 0. The second-order valence-corrected chi connectivity index (χ2v) is 7.60. The molecule has 0 aromatic carbocycles. The van der Waals surface area contributed by atoms with Crippen LogP contribution in [0.2, 0.25) is 0 Å². The van der Waals surface area contributed by atoms with Crippen LogP contribution >= 0.6 is 0 Å². The lowest BCUT2D eigenvalue weighted by atomic mass is 10.1. The molecule has 3 heterocycles. The highest BCUT2D eigenvalue weighted by molar-refractivity contribution is 5.69. The lowest BCUT2D eigenvalue weighted by Crippen LogP contribution is -2.32. The Morgan fingerprint density at radius 2 is 1.70 bits per heavy atom. The first-order valence-corrected chi connectivity index (χ1v) is 10.6. The van der Waals surface area contributed by atoms with Crippen molar-refractivity contribution in [2.45, 2.75) is 52.1 Å². The lowest BCUT2D eigenvalue weighted by Gasteiger charge is -2.30. The van der Waals surface area contributed by atoms with Crippen molar-refractivity contribution in [1.29, 1.82) is 0 Å². The molecule has 0 spiro atoms. The minimum absolute atomic E-state index is 0.0773. The highest BCUT2D eigenvalue weighted by Gasteiger charge is 2.35. The summed E-state index contributed by atoms with van der Waals surface area (Å²) < 4.78 is 41.2. The molecular weight excluding hydrogens is 393 g/mol. The molecule has 1 aliphatic heterocycles. The van der Waals surface area contributed by atoms with Gasteiger partial charge in [0, 0.05) is 44.0 Å². The summed E-state index contributed by atoms with van der Waals surface area (Å²) in [7, 11) is 0. The van der Waals surface area contributed by atoms with Crippen LogP contribution in [-0.2, 0) is 6.18 Å². The fourth-order valence-corrected chi connectivity index (χ4v) is 3.75. The maximum atomic E-state index is 13.7. The van der Waals surface area contributed by atoms with Crippen LogP contribution in [0, 0.1) is 0 Å². The molecule has 30 heavy (non-hydrogen) atoms. The highest BCUT2D eigenvalue weighted by Crippen LogP contribution is 2.38. The van der Waals surface area contributed by atoms with Crippen LogP contribution < -0.4 is 15.5 Å². The Hall–Kier alpha value is -2.58. The average Bonchev–Trinajstić information content (AvgIpc) is 2.73. The van der Waals surface area contributed by atoms with Gasteiger partial charge in [0.25, 0.3) is 0 Å². The molecule has 2 N–H and O–H groups in total. The number of halogens is 3. The number of hydrogen-bond donors (Lipinski definition) is 1. The van der Waals surface area contributed by atoms with Crippen molar-refractivity contribution < 1.29 is 13.2 Å². The Kier molecular flexibility index (Phi) is 6.99. The number of aromatic nitrogens is 3. The molecule has 1 fully saturated rings. The molecule has 3 rings (SSSR count). The lowest BCUT2D eigenvalue weighted by molar-refractivity contribution is -0.137. The molecule has 0 bridgehead atoms. The van der Waals surface area contributed by atoms with Crippen LogP contribution in [-0.4, -0.2) is 41.1 Å². The summed E-state index contributed by atoms with van der Waals surface area (Å²) in [5.74, 6) is 0.953. The molecule has 0 amide bonds. The third kappa shape index (κ3) is 5.12. The van der Waals surface area contributed by atoms with E-state index in [1.807, 2.05) is 4.90 Å². The maximum absolute atomic E-state index is 13.7. The number of piperidine rings is 1. The molecule has 0 atom stereocenters. The molecule has 0 unspecified atom stereocenters. The molecule has 1 aliphatic rings. The summed E-state index contributed by atoms with van der Waals surface area (Å²) in [6, 6.07) is 2.51. The number of hydrogen-bond acceptors (Lipinski definition) is 6. The predicted molar refractivity (Wildman–Crippen MR) is 114 cm³/mol. The minimum atomic E-state index is -4.56. The van der Waals surface area contributed by atoms with E-state index in [9.17, 15) is 13.2 Å². The zero-order chi connectivity index (χ0) is 21.7. The van der Waals surface area contributed by atoms with Gasteiger partial charge in [-0.15, -0.1) is 0 Å². The van der Waals surface area contributed by atoms with Gasteiger partial charge in [-0.2, -0.15) is 18.2 Å². The number of anilines is 3. The van der Waals surface area contributed by atoms with Crippen molar-refractivity contribution in [2.75, 3.05) is 41.7 Å². The highest BCUT2D eigenvalue weighted by atomic mass is 19.4. The topological polar surface area (TPSA) is 71.2 Å². The molecular formula is C21H29F3N6. The molecule has 0 saturated carbocycles. The van der Waals surface area contributed by atoms with E-state index in [0.717, 1.165) is 70.5 Å². The van der Waals surface area contributed by atoms with Gasteiger partial charge < -0.3 is 15.5 Å². The number of alkyl halides is 3. The Bertz CT molecular complexity index is 843. The van der Waals surface area contributed by atoms with Gasteiger partial charge in [-0.05, 0) is 38.2 Å². The van der Waals surface area contributed by atoms with Crippen LogP contribution in [0.4, 0.5) is 30.8 Å². The van der Waals surface area contributed by atoms with Gasteiger partial charge in [-0.25, -0.2) is 9.97 Å². The second kappa shape index (κ2) is 9.49. The molecule has 164 valence electrons. The first-order valence-electron chi connectivity index (χ1n) is 10.6. The Labute approximate surface area is 175 Å². The van der Waals surface area contributed by atoms with Crippen molar-refractivity contribution in [3.05, 3.63) is 23.9 Å². The van der Waals surface area contributed by atoms with Crippen LogP contribution in [0.15, 0.2) is 18.3 Å². The van der Waals surface area contributed by atoms with E-state index in [1.54, 1.807) is 6.07 Å². The smallest absolute Gasteiger partial charge is 0.384 e. The van der Waals surface area contributed by atoms with Gasteiger partial charge >= 0.3 is 6.18 Å². The largest absolute Gasteiger partial charge is 0.417 e. The van der Waals surface area contributed by atoms with Crippen molar-refractivity contribution >= 4 is 17.6 Å². The van der Waals surface area contributed by atoms with Crippen LogP contribution in [0.3, 0.4) is 0 Å². The first kappa shape index (κ1) is 22.1. The molecule has 2 aromatic heterocycles. The standard InChI is InChI=1S/C21H29F3N6/c1-3-8-30(9-4-2)20-27-17(13-19(28-20)29-10-6-5-7-11-29)15-14-26-18(25)12-16(15)21(22,23)24/h12-14H,3-11H2,1-2H3,(H2,25,26). The molecule has 2 aromatic rings. The summed E-state index contributed by atoms with van der Waals surface area (Å²) in [6.45, 7) is 7.27. The van der Waals surface area contributed by atoms with Crippen LogP contribution in [0.5, 0.6) is 0 Å². The molecule has 0 aliphatic carbocycles. The van der Waals surface area contributed by atoms with E-state index in [1.165, 1.54) is 0 Å². The summed E-state index contributed by atoms with van der Waals surface area (Å²) in [5.41, 5.74) is 4.86. The van der Waals surface area contributed by atoms with Crippen molar-refractivity contribution in [1.82, 2.24) is 15.0 Å². The van der Waals surface area contributed by atoms with Crippen molar-refractivity contribution in [3.63, 3.8) is 0 Å². The predicted octanol–water partition coefficient (Wildman–Crippen LogP) is 4.76. The van der Waals surface area contributed by atoms with Crippen LogP contribution in [0.25, 0.3) is 11.3 Å². The monoisotopic (exact) mass is 422 g/mol. The molecule has 1 saturated heterocycles. The zero-order valence-corrected chi connectivity index (χ0v) is 17.5. The van der Waals surface area contributed by atoms with Gasteiger partial charge in [0.15, 0.2) is 0 Å². The zero-order valence-electron chi connectivity index (χ0n) is 17.5. The maximum Gasteiger partial charge on any atom is 0.417 e. The fraction of sp³-hybridized carbons (Fsp3) is 0.571. The Balaban J connectivity index is 2.15. The van der Waals surface area contributed by atoms with E-state index in [-0.39, 0.29) is 17.1 Å². The average molecular weight is 422 g/mol. The normalized spacial score (nSPS) is 14.8. The number of nitrogens with zero attached hydrogens (tertiary/aromatic N) is 5. The van der Waals surface area contributed by atoms with Gasteiger partial charge in [0.2, 0.25) is 5.95 Å². The van der Waals surface area contributed by atoms with Crippen LogP contribution in [0.1, 0.15) is 51.5 Å². The third-order valence-electron chi connectivity index (χ3n) is 5.16. The van der Waals surface area contributed by atoms with Gasteiger partial charge in [0.05, 0.1) is 11.3 Å². The summed E-state index contributed by atoms with van der Waals surface area (Å²) in [4.78, 5) is 17.4. The second-order valence-electron chi connectivity index (χ2n) is 7.60. The van der Waals surface area contributed by atoms with Crippen molar-refractivity contribution in [3.8, 4) is 11.3 Å². The van der Waals surface area contributed by atoms with Crippen molar-refractivity contribution in [2.24, 2.45) is 0 Å². The summed E-state index contributed by atoms with van der Waals surface area (Å²) in [6.07, 6.45) is 1.62.